The number of hydrogen-bond donors (Lipinski definition) is 3. The lowest BCUT2D eigenvalue weighted by Gasteiger charge is -2.07. The second-order valence-electron chi connectivity index (χ2n) is 3.73. The van der Waals surface area contributed by atoms with Crippen LogP contribution < -0.4 is 10.9 Å². The van der Waals surface area contributed by atoms with Gasteiger partial charge in [-0.15, -0.1) is 0 Å². The molecule has 0 radical (unpaired) electrons. The zero-order valence-corrected chi connectivity index (χ0v) is 10.2. The zero-order chi connectivity index (χ0) is 13.0. The SMILES string of the molecule is O=c1[nH]cnc(NCc2cccc(CO)c2)c1Cl. The van der Waals surface area contributed by atoms with E-state index in [-0.39, 0.29) is 17.2 Å². The van der Waals surface area contributed by atoms with Crippen LogP contribution in [0.15, 0.2) is 35.4 Å². The molecule has 0 bridgehead atoms. The minimum Gasteiger partial charge on any atom is -0.392 e. The van der Waals surface area contributed by atoms with E-state index >= 15 is 0 Å². The molecule has 2 rings (SSSR count). The Bertz CT molecular complexity index is 598. The normalized spacial score (nSPS) is 10.3. The first-order valence-corrected chi connectivity index (χ1v) is 5.74. The molecule has 0 saturated carbocycles. The van der Waals surface area contributed by atoms with Crippen LogP contribution in [0.5, 0.6) is 0 Å². The number of benzene rings is 1. The van der Waals surface area contributed by atoms with Crippen molar-refractivity contribution in [2.24, 2.45) is 0 Å². The first-order valence-electron chi connectivity index (χ1n) is 5.36. The Balaban J connectivity index is 2.11. The molecule has 0 saturated heterocycles. The van der Waals surface area contributed by atoms with Crippen LogP contribution in [0.4, 0.5) is 5.82 Å². The topological polar surface area (TPSA) is 78.0 Å². The molecular formula is C12H12ClN3O2. The maximum Gasteiger partial charge on any atom is 0.271 e. The molecule has 0 amide bonds. The predicted octanol–water partition coefficient (Wildman–Crippen LogP) is 1.53. The van der Waals surface area contributed by atoms with Crippen molar-refractivity contribution in [3.05, 3.63) is 57.1 Å². The van der Waals surface area contributed by atoms with Gasteiger partial charge in [0, 0.05) is 6.54 Å². The number of aromatic nitrogens is 2. The second kappa shape index (κ2) is 5.66. The Morgan fingerprint density at radius 2 is 2.17 bits per heavy atom. The molecule has 0 aliphatic rings. The number of rotatable bonds is 4. The molecular weight excluding hydrogens is 254 g/mol. The van der Waals surface area contributed by atoms with Gasteiger partial charge in [-0.25, -0.2) is 4.98 Å². The maximum absolute atomic E-state index is 11.3. The van der Waals surface area contributed by atoms with Gasteiger partial charge in [0.2, 0.25) is 0 Å². The van der Waals surface area contributed by atoms with Gasteiger partial charge in [0.25, 0.3) is 5.56 Å². The average Bonchev–Trinajstić information content (AvgIpc) is 2.41. The molecule has 0 fully saturated rings. The summed E-state index contributed by atoms with van der Waals surface area (Å²) in [7, 11) is 0. The van der Waals surface area contributed by atoms with E-state index in [0.717, 1.165) is 11.1 Å². The van der Waals surface area contributed by atoms with Crippen LogP contribution in [0.2, 0.25) is 5.02 Å². The van der Waals surface area contributed by atoms with Gasteiger partial charge in [-0.05, 0) is 11.1 Å². The lowest BCUT2D eigenvalue weighted by molar-refractivity contribution is 0.281. The monoisotopic (exact) mass is 265 g/mol. The van der Waals surface area contributed by atoms with Crippen LogP contribution in [0, 0.1) is 0 Å². The summed E-state index contributed by atoms with van der Waals surface area (Å²) in [6.07, 6.45) is 1.29. The number of aromatic amines is 1. The van der Waals surface area contributed by atoms with Crippen molar-refractivity contribution < 1.29 is 5.11 Å². The molecule has 1 heterocycles. The fourth-order valence-corrected chi connectivity index (χ4v) is 1.70. The summed E-state index contributed by atoms with van der Waals surface area (Å²) < 4.78 is 0. The van der Waals surface area contributed by atoms with E-state index in [4.69, 9.17) is 16.7 Å². The lowest BCUT2D eigenvalue weighted by atomic mass is 10.1. The summed E-state index contributed by atoms with van der Waals surface area (Å²) in [4.78, 5) is 17.6. The van der Waals surface area contributed by atoms with E-state index in [9.17, 15) is 4.79 Å². The smallest absolute Gasteiger partial charge is 0.271 e. The fourth-order valence-electron chi connectivity index (χ4n) is 1.53. The summed E-state index contributed by atoms with van der Waals surface area (Å²) in [5.41, 5.74) is 1.43. The van der Waals surface area contributed by atoms with Crippen LogP contribution in [0.25, 0.3) is 0 Å². The first kappa shape index (κ1) is 12.6. The molecule has 1 aromatic carbocycles. The Labute approximate surface area is 108 Å². The highest BCUT2D eigenvalue weighted by atomic mass is 35.5. The molecule has 6 heteroatoms. The quantitative estimate of drug-likeness (QED) is 0.783. The maximum atomic E-state index is 11.3. The van der Waals surface area contributed by atoms with Gasteiger partial charge < -0.3 is 15.4 Å². The number of H-pyrrole nitrogens is 1. The molecule has 1 aromatic heterocycles. The minimum atomic E-state index is -0.377. The molecule has 18 heavy (non-hydrogen) atoms. The van der Waals surface area contributed by atoms with Crippen LogP contribution in [-0.2, 0) is 13.2 Å². The number of aliphatic hydroxyl groups excluding tert-OH is 1. The third kappa shape index (κ3) is 2.88. The third-order valence-corrected chi connectivity index (χ3v) is 2.78. The number of aliphatic hydroxyl groups is 1. The van der Waals surface area contributed by atoms with Gasteiger partial charge in [-0.2, -0.15) is 0 Å². The fraction of sp³-hybridized carbons (Fsp3) is 0.167. The Hall–Kier alpha value is -1.85. The molecule has 2 aromatic rings. The number of anilines is 1. The van der Waals surface area contributed by atoms with E-state index in [0.29, 0.717) is 12.4 Å². The Morgan fingerprint density at radius 3 is 2.94 bits per heavy atom. The van der Waals surface area contributed by atoms with Crippen molar-refractivity contribution in [1.29, 1.82) is 0 Å². The van der Waals surface area contributed by atoms with Gasteiger partial charge in [0.15, 0.2) is 5.82 Å². The van der Waals surface area contributed by atoms with E-state index < -0.39 is 0 Å². The summed E-state index contributed by atoms with van der Waals surface area (Å²) in [6.45, 7) is 0.474. The van der Waals surface area contributed by atoms with Crippen LogP contribution in [-0.4, -0.2) is 15.1 Å². The number of nitrogens with zero attached hydrogens (tertiary/aromatic N) is 1. The van der Waals surface area contributed by atoms with Gasteiger partial charge in [-0.3, -0.25) is 4.79 Å². The molecule has 3 N–H and O–H groups in total. The number of hydrogen-bond acceptors (Lipinski definition) is 4. The molecule has 0 atom stereocenters. The van der Waals surface area contributed by atoms with Crippen molar-refractivity contribution >= 4 is 17.4 Å². The first-order chi connectivity index (χ1) is 8.70. The highest BCUT2D eigenvalue weighted by molar-refractivity contribution is 6.32. The average molecular weight is 266 g/mol. The molecule has 0 unspecified atom stereocenters. The highest BCUT2D eigenvalue weighted by Crippen LogP contribution is 2.14. The summed E-state index contributed by atoms with van der Waals surface area (Å²) in [6, 6.07) is 7.47. The van der Waals surface area contributed by atoms with Gasteiger partial charge in [0.05, 0.1) is 12.9 Å². The number of nitrogens with one attached hydrogen (secondary N) is 2. The van der Waals surface area contributed by atoms with Gasteiger partial charge in [0.1, 0.15) is 5.02 Å². The van der Waals surface area contributed by atoms with Gasteiger partial charge in [-0.1, -0.05) is 35.9 Å². The molecule has 94 valence electrons. The summed E-state index contributed by atoms with van der Waals surface area (Å²) in [5, 5.41) is 12.0. The predicted molar refractivity (Wildman–Crippen MR) is 69.6 cm³/mol. The van der Waals surface area contributed by atoms with Crippen molar-refractivity contribution in [3.63, 3.8) is 0 Å². The summed E-state index contributed by atoms with van der Waals surface area (Å²) in [5.74, 6) is 0.342. The van der Waals surface area contributed by atoms with Crippen LogP contribution in [0.1, 0.15) is 11.1 Å². The van der Waals surface area contributed by atoms with Crippen molar-refractivity contribution in [1.82, 2.24) is 9.97 Å². The standard InChI is InChI=1S/C12H12ClN3O2/c13-10-11(15-7-16-12(10)18)14-5-8-2-1-3-9(4-8)6-17/h1-4,7,17H,5-6H2,(H2,14,15,16,18). The Kier molecular flexibility index (Phi) is 3.96. The second-order valence-corrected chi connectivity index (χ2v) is 4.10. The molecule has 0 aliphatic heterocycles. The highest BCUT2D eigenvalue weighted by Gasteiger charge is 2.05. The minimum absolute atomic E-state index is 0.00213. The van der Waals surface area contributed by atoms with Crippen molar-refractivity contribution in [3.8, 4) is 0 Å². The molecule has 5 nitrogen and oxygen atoms in total. The number of halogens is 1. The van der Waals surface area contributed by atoms with E-state index in [2.05, 4.69) is 15.3 Å². The van der Waals surface area contributed by atoms with Gasteiger partial charge >= 0.3 is 0 Å². The van der Waals surface area contributed by atoms with Crippen molar-refractivity contribution in [2.75, 3.05) is 5.32 Å². The van der Waals surface area contributed by atoms with Crippen LogP contribution in [0.3, 0.4) is 0 Å². The Morgan fingerprint density at radius 1 is 1.39 bits per heavy atom. The summed E-state index contributed by atoms with van der Waals surface area (Å²) >= 11 is 5.81. The van der Waals surface area contributed by atoms with E-state index in [1.54, 1.807) is 0 Å². The van der Waals surface area contributed by atoms with E-state index in [1.165, 1.54) is 6.33 Å². The third-order valence-electron chi connectivity index (χ3n) is 2.43. The van der Waals surface area contributed by atoms with E-state index in [1.807, 2.05) is 24.3 Å². The zero-order valence-electron chi connectivity index (χ0n) is 9.48. The molecule has 0 spiro atoms. The molecule has 0 aliphatic carbocycles. The van der Waals surface area contributed by atoms with Crippen LogP contribution >= 0.6 is 11.6 Å². The van der Waals surface area contributed by atoms with Crippen molar-refractivity contribution in [2.45, 2.75) is 13.2 Å². The largest absolute Gasteiger partial charge is 0.392 e. The lowest BCUT2D eigenvalue weighted by Crippen LogP contribution is -2.11.